The molecule has 1 aromatic carbocycles. The number of rotatable bonds is 8. The molecule has 0 spiro atoms. The van der Waals surface area contributed by atoms with Crippen molar-refractivity contribution in [1.82, 2.24) is 20.3 Å². The van der Waals surface area contributed by atoms with Crippen LogP contribution in [0.5, 0.6) is 5.75 Å². The molecule has 2 aromatic heterocycles. The number of anilines is 1. The number of carbonyl (C=O) groups is 1. The number of pyridine rings is 1. The lowest BCUT2D eigenvalue weighted by Gasteiger charge is -2.24. The van der Waals surface area contributed by atoms with Crippen molar-refractivity contribution in [3.63, 3.8) is 0 Å². The lowest BCUT2D eigenvalue weighted by molar-refractivity contribution is -0.127. The van der Waals surface area contributed by atoms with Gasteiger partial charge in [-0.25, -0.2) is 14.4 Å². The number of H-pyrrole nitrogens is 1. The standard InChI is InChI=1S/C21H23BrFN5O2/c1-30-16-7-6-13(23)10-14(16)19-27-18-17(15(22)11-26-20(18)28-19)24-8-3-9-25-21(29)12-4-2-5-12/h6-7,10-12H,2-5,8-9H2,1H3,(H,25,29)(H2,24,26,27,28). The molecule has 30 heavy (non-hydrogen) atoms. The molecule has 0 unspecified atom stereocenters. The van der Waals surface area contributed by atoms with Crippen molar-refractivity contribution in [2.24, 2.45) is 5.92 Å². The maximum absolute atomic E-state index is 13.8. The number of fused-ring (bicyclic) bond motifs is 1. The summed E-state index contributed by atoms with van der Waals surface area (Å²) in [4.78, 5) is 24.0. The molecule has 4 rings (SSSR count). The number of aromatic nitrogens is 3. The second-order valence-electron chi connectivity index (χ2n) is 7.31. The van der Waals surface area contributed by atoms with Crippen molar-refractivity contribution in [1.29, 1.82) is 0 Å². The molecule has 0 radical (unpaired) electrons. The highest BCUT2D eigenvalue weighted by atomic mass is 79.9. The Balaban J connectivity index is 1.47. The molecule has 0 saturated heterocycles. The molecule has 1 fully saturated rings. The van der Waals surface area contributed by atoms with Crippen LogP contribution >= 0.6 is 15.9 Å². The Morgan fingerprint density at radius 2 is 2.20 bits per heavy atom. The summed E-state index contributed by atoms with van der Waals surface area (Å²) in [6, 6.07) is 4.29. The van der Waals surface area contributed by atoms with Gasteiger partial charge in [0.25, 0.3) is 0 Å². The maximum Gasteiger partial charge on any atom is 0.223 e. The minimum Gasteiger partial charge on any atom is -0.496 e. The Morgan fingerprint density at radius 1 is 1.37 bits per heavy atom. The van der Waals surface area contributed by atoms with E-state index >= 15 is 0 Å². The van der Waals surface area contributed by atoms with E-state index in [-0.39, 0.29) is 17.6 Å². The molecular weight excluding hydrogens is 453 g/mol. The average Bonchev–Trinajstić information content (AvgIpc) is 3.12. The second kappa shape index (κ2) is 8.99. The summed E-state index contributed by atoms with van der Waals surface area (Å²) < 4.78 is 19.9. The average molecular weight is 476 g/mol. The van der Waals surface area contributed by atoms with Gasteiger partial charge in [0.05, 0.1) is 22.8 Å². The molecule has 1 saturated carbocycles. The van der Waals surface area contributed by atoms with Crippen LogP contribution in [-0.4, -0.2) is 41.1 Å². The third-order valence-electron chi connectivity index (χ3n) is 5.32. The highest BCUT2D eigenvalue weighted by molar-refractivity contribution is 9.10. The number of benzene rings is 1. The number of aromatic amines is 1. The Labute approximate surface area is 182 Å². The molecule has 9 heteroatoms. The first kappa shape index (κ1) is 20.6. The zero-order valence-corrected chi connectivity index (χ0v) is 18.2. The van der Waals surface area contributed by atoms with Gasteiger partial charge in [0.15, 0.2) is 5.65 Å². The second-order valence-corrected chi connectivity index (χ2v) is 8.16. The Hall–Kier alpha value is -2.68. The van der Waals surface area contributed by atoms with Crippen LogP contribution in [0, 0.1) is 11.7 Å². The summed E-state index contributed by atoms with van der Waals surface area (Å²) in [5.41, 5.74) is 2.57. The fraction of sp³-hybridized carbons (Fsp3) is 0.381. The number of imidazole rings is 1. The van der Waals surface area contributed by atoms with E-state index in [4.69, 9.17) is 4.74 Å². The number of nitrogens with one attached hydrogen (secondary N) is 3. The number of ether oxygens (including phenoxy) is 1. The molecular formula is C21H23BrFN5O2. The lowest BCUT2D eigenvalue weighted by atomic mass is 9.85. The normalized spacial score (nSPS) is 13.8. The predicted molar refractivity (Wildman–Crippen MR) is 117 cm³/mol. The predicted octanol–water partition coefficient (Wildman–Crippen LogP) is 4.25. The largest absolute Gasteiger partial charge is 0.496 e. The summed E-state index contributed by atoms with van der Waals surface area (Å²) in [5.74, 6) is 0.989. The van der Waals surface area contributed by atoms with Gasteiger partial charge in [-0.2, -0.15) is 0 Å². The van der Waals surface area contributed by atoms with Crippen molar-refractivity contribution in [2.45, 2.75) is 25.7 Å². The summed E-state index contributed by atoms with van der Waals surface area (Å²) in [7, 11) is 1.53. The molecule has 1 aliphatic rings. The van der Waals surface area contributed by atoms with Crippen molar-refractivity contribution in [3.05, 3.63) is 34.7 Å². The molecule has 7 nitrogen and oxygen atoms in total. The first-order chi connectivity index (χ1) is 14.6. The minimum absolute atomic E-state index is 0.163. The van der Waals surface area contributed by atoms with Crippen LogP contribution in [0.3, 0.4) is 0 Å². The zero-order chi connectivity index (χ0) is 21.1. The molecule has 3 N–H and O–H groups in total. The van der Waals surface area contributed by atoms with Gasteiger partial charge in [-0.1, -0.05) is 6.42 Å². The van der Waals surface area contributed by atoms with Crippen LogP contribution in [0.25, 0.3) is 22.6 Å². The number of methoxy groups -OCH3 is 1. The van der Waals surface area contributed by atoms with E-state index in [0.717, 1.165) is 35.8 Å². The first-order valence-electron chi connectivity index (χ1n) is 9.96. The minimum atomic E-state index is -0.373. The molecule has 0 bridgehead atoms. The van der Waals surface area contributed by atoms with Gasteiger partial charge in [-0.05, 0) is 53.4 Å². The van der Waals surface area contributed by atoms with Gasteiger partial charge >= 0.3 is 0 Å². The molecule has 1 amide bonds. The van der Waals surface area contributed by atoms with E-state index in [1.165, 1.54) is 19.2 Å². The van der Waals surface area contributed by atoms with E-state index in [2.05, 4.69) is 41.5 Å². The monoisotopic (exact) mass is 475 g/mol. The van der Waals surface area contributed by atoms with Gasteiger partial charge in [0, 0.05) is 25.2 Å². The summed E-state index contributed by atoms with van der Waals surface area (Å²) in [5, 5.41) is 6.37. The SMILES string of the molecule is COc1ccc(F)cc1-c1nc2ncc(Br)c(NCCCNC(=O)C3CCC3)c2[nH]1. The maximum atomic E-state index is 13.8. The van der Waals surface area contributed by atoms with Crippen LogP contribution in [0.2, 0.25) is 0 Å². The van der Waals surface area contributed by atoms with E-state index in [9.17, 15) is 9.18 Å². The van der Waals surface area contributed by atoms with Crippen molar-refractivity contribution in [2.75, 3.05) is 25.5 Å². The summed E-state index contributed by atoms with van der Waals surface area (Å²) >= 11 is 3.52. The summed E-state index contributed by atoms with van der Waals surface area (Å²) in [6.45, 7) is 1.29. The molecule has 0 aliphatic heterocycles. The smallest absolute Gasteiger partial charge is 0.223 e. The Morgan fingerprint density at radius 3 is 2.93 bits per heavy atom. The van der Waals surface area contributed by atoms with Crippen molar-refractivity contribution in [3.8, 4) is 17.1 Å². The Kier molecular flexibility index (Phi) is 6.17. The summed E-state index contributed by atoms with van der Waals surface area (Å²) in [6.07, 6.45) is 5.62. The third-order valence-corrected chi connectivity index (χ3v) is 5.92. The molecule has 158 valence electrons. The fourth-order valence-electron chi connectivity index (χ4n) is 3.43. The molecule has 2 heterocycles. The van der Waals surface area contributed by atoms with Gasteiger partial charge in [0.1, 0.15) is 22.9 Å². The van der Waals surface area contributed by atoms with Gasteiger partial charge in [-0.3, -0.25) is 4.79 Å². The Bertz CT molecular complexity index is 1070. The quantitative estimate of drug-likeness (QED) is 0.423. The topological polar surface area (TPSA) is 91.9 Å². The number of hydrogen-bond acceptors (Lipinski definition) is 5. The molecule has 0 atom stereocenters. The fourth-order valence-corrected chi connectivity index (χ4v) is 3.87. The van der Waals surface area contributed by atoms with E-state index in [1.54, 1.807) is 12.3 Å². The van der Waals surface area contributed by atoms with Gasteiger partial charge in [-0.15, -0.1) is 0 Å². The van der Waals surface area contributed by atoms with Gasteiger partial charge in [0.2, 0.25) is 5.91 Å². The van der Waals surface area contributed by atoms with Crippen LogP contribution in [0.1, 0.15) is 25.7 Å². The zero-order valence-electron chi connectivity index (χ0n) is 16.6. The number of carbonyl (C=O) groups excluding carboxylic acids is 1. The number of nitrogens with zero attached hydrogens (tertiary/aromatic N) is 2. The molecule has 1 aliphatic carbocycles. The number of halogens is 2. The highest BCUT2D eigenvalue weighted by Crippen LogP contribution is 2.34. The third kappa shape index (κ3) is 4.26. The van der Waals surface area contributed by atoms with E-state index in [1.807, 2.05) is 0 Å². The van der Waals surface area contributed by atoms with E-state index in [0.29, 0.717) is 41.4 Å². The molecule has 3 aromatic rings. The number of amides is 1. The van der Waals surface area contributed by atoms with Crippen molar-refractivity contribution >= 4 is 38.7 Å². The van der Waals surface area contributed by atoms with Crippen LogP contribution < -0.4 is 15.4 Å². The van der Waals surface area contributed by atoms with Gasteiger partial charge < -0.3 is 20.4 Å². The number of hydrogen-bond donors (Lipinski definition) is 3. The lowest BCUT2D eigenvalue weighted by Crippen LogP contribution is -2.35. The van der Waals surface area contributed by atoms with Crippen LogP contribution in [-0.2, 0) is 4.79 Å². The first-order valence-corrected chi connectivity index (χ1v) is 10.8. The highest BCUT2D eigenvalue weighted by Gasteiger charge is 2.24. The van der Waals surface area contributed by atoms with Crippen molar-refractivity contribution < 1.29 is 13.9 Å². The van der Waals surface area contributed by atoms with Crippen LogP contribution in [0.4, 0.5) is 10.1 Å². The van der Waals surface area contributed by atoms with Crippen LogP contribution in [0.15, 0.2) is 28.9 Å². The van der Waals surface area contributed by atoms with E-state index < -0.39 is 0 Å².